The third-order valence-corrected chi connectivity index (χ3v) is 2.70. The van der Waals surface area contributed by atoms with E-state index < -0.39 is 0 Å². The Kier molecular flexibility index (Phi) is 4.49. The molecule has 5 nitrogen and oxygen atoms in total. The highest BCUT2D eigenvalue weighted by molar-refractivity contribution is 5.76. The Bertz CT molecular complexity index is 349. The van der Waals surface area contributed by atoms with Crippen molar-refractivity contribution in [2.75, 3.05) is 13.7 Å². The maximum atomic E-state index is 11.7. The van der Waals surface area contributed by atoms with Crippen molar-refractivity contribution in [3.05, 3.63) is 18.0 Å². The summed E-state index contributed by atoms with van der Waals surface area (Å²) < 4.78 is 1.72. The van der Waals surface area contributed by atoms with E-state index in [0.717, 1.165) is 5.56 Å². The molecule has 16 heavy (non-hydrogen) atoms. The zero-order chi connectivity index (χ0) is 12.1. The largest absolute Gasteiger partial charge is 0.394 e. The monoisotopic (exact) mass is 225 g/mol. The summed E-state index contributed by atoms with van der Waals surface area (Å²) in [5.74, 6) is 0.0467. The minimum atomic E-state index is -0.124. The van der Waals surface area contributed by atoms with Crippen molar-refractivity contribution in [1.82, 2.24) is 14.7 Å². The van der Waals surface area contributed by atoms with E-state index in [4.69, 9.17) is 5.11 Å². The van der Waals surface area contributed by atoms with E-state index in [9.17, 15) is 4.79 Å². The number of hydrogen-bond acceptors (Lipinski definition) is 3. The van der Waals surface area contributed by atoms with Gasteiger partial charge in [0.15, 0.2) is 0 Å². The van der Waals surface area contributed by atoms with Crippen LogP contribution < -0.4 is 0 Å². The van der Waals surface area contributed by atoms with Crippen molar-refractivity contribution in [2.24, 2.45) is 7.05 Å². The fraction of sp³-hybridized carbons (Fsp3) is 0.636. The second kappa shape index (κ2) is 5.65. The standard InChI is InChI=1S/C11H19N3O2/c1-9(8-15)14(3)11(16)5-4-10-6-12-13(2)7-10/h6-7,9,15H,4-5,8H2,1-3H3. The van der Waals surface area contributed by atoms with E-state index in [2.05, 4.69) is 5.10 Å². The van der Waals surface area contributed by atoms with Crippen LogP contribution in [0.15, 0.2) is 12.4 Å². The Labute approximate surface area is 95.7 Å². The first-order chi connectivity index (χ1) is 7.54. The van der Waals surface area contributed by atoms with Crippen molar-refractivity contribution < 1.29 is 9.90 Å². The highest BCUT2D eigenvalue weighted by Crippen LogP contribution is 2.04. The molecule has 1 atom stereocenters. The minimum absolute atomic E-state index is 0.00483. The molecule has 0 radical (unpaired) electrons. The van der Waals surface area contributed by atoms with Crippen LogP contribution in [0.4, 0.5) is 0 Å². The fourth-order valence-corrected chi connectivity index (χ4v) is 1.40. The number of aliphatic hydroxyl groups is 1. The molecular formula is C11H19N3O2. The summed E-state index contributed by atoms with van der Waals surface area (Å²) in [5.41, 5.74) is 1.06. The summed E-state index contributed by atoms with van der Waals surface area (Å²) in [7, 11) is 3.57. The molecule has 0 saturated carbocycles. The van der Waals surface area contributed by atoms with Gasteiger partial charge in [0, 0.05) is 26.7 Å². The van der Waals surface area contributed by atoms with E-state index >= 15 is 0 Å². The lowest BCUT2D eigenvalue weighted by molar-refractivity contribution is -0.132. The first-order valence-electron chi connectivity index (χ1n) is 5.38. The van der Waals surface area contributed by atoms with Crippen LogP contribution in [0.3, 0.4) is 0 Å². The number of amides is 1. The number of likely N-dealkylation sites (N-methyl/N-ethyl adjacent to an activating group) is 1. The van der Waals surface area contributed by atoms with Crippen molar-refractivity contribution in [1.29, 1.82) is 0 Å². The fourth-order valence-electron chi connectivity index (χ4n) is 1.40. The van der Waals surface area contributed by atoms with Gasteiger partial charge in [-0.3, -0.25) is 9.48 Å². The molecule has 5 heteroatoms. The van der Waals surface area contributed by atoms with Crippen molar-refractivity contribution in [3.63, 3.8) is 0 Å². The number of nitrogens with zero attached hydrogens (tertiary/aromatic N) is 3. The molecule has 1 aromatic heterocycles. The van der Waals surface area contributed by atoms with Crippen LogP contribution in [0.5, 0.6) is 0 Å². The lowest BCUT2D eigenvalue weighted by atomic mass is 10.2. The Morgan fingerprint density at radius 3 is 2.88 bits per heavy atom. The molecule has 1 rings (SSSR count). The number of rotatable bonds is 5. The second-order valence-electron chi connectivity index (χ2n) is 4.06. The first kappa shape index (κ1) is 12.7. The van der Waals surface area contributed by atoms with E-state index in [1.54, 1.807) is 22.8 Å². The van der Waals surface area contributed by atoms with Crippen LogP contribution in [-0.4, -0.2) is 45.4 Å². The summed E-state index contributed by atoms with van der Waals surface area (Å²) in [5, 5.41) is 13.0. The van der Waals surface area contributed by atoms with Gasteiger partial charge in [-0.2, -0.15) is 5.10 Å². The van der Waals surface area contributed by atoms with E-state index in [0.29, 0.717) is 12.8 Å². The third-order valence-electron chi connectivity index (χ3n) is 2.70. The molecule has 1 unspecified atom stereocenters. The third kappa shape index (κ3) is 3.34. The zero-order valence-corrected chi connectivity index (χ0v) is 10.1. The molecule has 1 aromatic rings. The van der Waals surface area contributed by atoms with Gasteiger partial charge in [-0.25, -0.2) is 0 Å². The normalized spacial score (nSPS) is 12.5. The van der Waals surface area contributed by atoms with Gasteiger partial charge in [-0.1, -0.05) is 0 Å². The van der Waals surface area contributed by atoms with Crippen LogP contribution in [0.25, 0.3) is 0 Å². The Hall–Kier alpha value is -1.36. The average molecular weight is 225 g/mol. The van der Waals surface area contributed by atoms with E-state index in [-0.39, 0.29) is 18.6 Å². The van der Waals surface area contributed by atoms with Crippen molar-refractivity contribution in [2.45, 2.75) is 25.8 Å². The Morgan fingerprint density at radius 1 is 1.69 bits per heavy atom. The number of aliphatic hydroxyl groups excluding tert-OH is 1. The summed E-state index contributed by atoms with van der Waals surface area (Å²) in [6.45, 7) is 1.82. The molecule has 0 aliphatic carbocycles. The minimum Gasteiger partial charge on any atom is -0.394 e. The molecule has 0 spiro atoms. The molecule has 1 N–H and O–H groups in total. The SMILES string of the molecule is CC(CO)N(C)C(=O)CCc1cnn(C)c1. The lowest BCUT2D eigenvalue weighted by Crippen LogP contribution is -2.37. The predicted octanol–water partition coefficient (Wildman–Crippen LogP) is 0.192. The van der Waals surface area contributed by atoms with Gasteiger partial charge in [0.25, 0.3) is 0 Å². The van der Waals surface area contributed by atoms with Gasteiger partial charge < -0.3 is 10.0 Å². The Balaban J connectivity index is 2.40. The van der Waals surface area contributed by atoms with Crippen LogP contribution in [0, 0.1) is 0 Å². The van der Waals surface area contributed by atoms with Gasteiger partial charge in [-0.05, 0) is 18.9 Å². The summed E-state index contributed by atoms with van der Waals surface area (Å²) in [6.07, 6.45) is 4.81. The predicted molar refractivity (Wildman–Crippen MR) is 60.8 cm³/mol. The number of aromatic nitrogens is 2. The summed E-state index contributed by atoms with van der Waals surface area (Å²) in [6, 6.07) is -0.124. The molecule has 1 amide bonds. The highest BCUT2D eigenvalue weighted by Gasteiger charge is 2.14. The smallest absolute Gasteiger partial charge is 0.222 e. The van der Waals surface area contributed by atoms with Crippen LogP contribution >= 0.6 is 0 Å². The van der Waals surface area contributed by atoms with Gasteiger partial charge in [0.05, 0.1) is 18.8 Å². The highest BCUT2D eigenvalue weighted by atomic mass is 16.3. The number of carbonyl (C=O) groups is 1. The molecule has 0 aromatic carbocycles. The number of aryl methyl sites for hydroxylation is 2. The summed E-state index contributed by atoms with van der Waals surface area (Å²) >= 11 is 0. The second-order valence-corrected chi connectivity index (χ2v) is 4.06. The van der Waals surface area contributed by atoms with Crippen molar-refractivity contribution >= 4 is 5.91 Å². The number of hydrogen-bond donors (Lipinski definition) is 1. The molecule has 1 heterocycles. The van der Waals surface area contributed by atoms with Gasteiger partial charge >= 0.3 is 0 Å². The average Bonchev–Trinajstić information content (AvgIpc) is 2.69. The van der Waals surface area contributed by atoms with E-state index in [1.165, 1.54) is 0 Å². The van der Waals surface area contributed by atoms with Crippen molar-refractivity contribution in [3.8, 4) is 0 Å². The van der Waals surface area contributed by atoms with Gasteiger partial charge in [-0.15, -0.1) is 0 Å². The lowest BCUT2D eigenvalue weighted by Gasteiger charge is -2.22. The zero-order valence-electron chi connectivity index (χ0n) is 10.1. The number of carbonyl (C=O) groups excluding carboxylic acids is 1. The molecule has 0 aliphatic heterocycles. The van der Waals surface area contributed by atoms with Crippen LogP contribution in [0.2, 0.25) is 0 Å². The maximum Gasteiger partial charge on any atom is 0.222 e. The van der Waals surface area contributed by atoms with Gasteiger partial charge in [0.1, 0.15) is 0 Å². The first-order valence-corrected chi connectivity index (χ1v) is 5.38. The Morgan fingerprint density at radius 2 is 2.38 bits per heavy atom. The van der Waals surface area contributed by atoms with Crippen LogP contribution in [0.1, 0.15) is 18.9 Å². The molecule has 0 saturated heterocycles. The topological polar surface area (TPSA) is 58.4 Å². The molecular weight excluding hydrogens is 206 g/mol. The molecule has 0 aliphatic rings. The molecule has 0 bridgehead atoms. The van der Waals surface area contributed by atoms with Crippen LogP contribution in [-0.2, 0) is 18.3 Å². The summed E-state index contributed by atoms with van der Waals surface area (Å²) in [4.78, 5) is 13.3. The maximum absolute atomic E-state index is 11.7. The quantitative estimate of drug-likeness (QED) is 0.778. The molecule has 90 valence electrons. The molecule has 0 fully saturated rings. The van der Waals surface area contributed by atoms with Gasteiger partial charge in [0.2, 0.25) is 5.91 Å². The van der Waals surface area contributed by atoms with E-state index in [1.807, 2.05) is 20.2 Å².